The second kappa shape index (κ2) is 9.80. The van der Waals surface area contributed by atoms with Crippen molar-refractivity contribution in [2.75, 3.05) is 12.4 Å². The molecule has 4 rings (SSSR count). The van der Waals surface area contributed by atoms with Crippen LogP contribution in [0.1, 0.15) is 12.7 Å². The molecule has 162 valence electrons. The predicted molar refractivity (Wildman–Crippen MR) is 131 cm³/mol. The van der Waals surface area contributed by atoms with Crippen molar-refractivity contribution in [2.24, 2.45) is 5.10 Å². The largest absolute Gasteiger partial charge is 0.497 e. The average Bonchev–Trinajstić information content (AvgIpc) is 3.23. The lowest BCUT2D eigenvalue weighted by molar-refractivity contribution is 0.415. The minimum absolute atomic E-state index is 0.246. The average molecular weight is 466 g/mol. The molecule has 6 nitrogen and oxygen atoms in total. The summed E-state index contributed by atoms with van der Waals surface area (Å²) in [5.41, 5.74) is 6.04. The number of ether oxygens (including phenoxy) is 1. The summed E-state index contributed by atoms with van der Waals surface area (Å²) in [6.07, 6.45) is 0. The van der Waals surface area contributed by atoms with Crippen LogP contribution in [0.5, 0.6) is 5.75 Å². The molecule has 3 aromatic carbocycles. The lowest BCUT2D eigenvalue weighted by Gasteiger charge is -2.08. The number of benzene rings is 3. The quantitative estimate of drug-likeness (QED) is 0.196. The van der Waals surface area contributed by atoms with E-state index in [0.717, 1.165) is 32.3 Å². The van der Waals surface area contributed by atoms with E-state index in [2.05, 4.69) is 25.8 Å². The second-order valence-corrected chi connectivity index (χ2v) is 8.37. The number of H-pyrrole nitrogens is 1. The summed E-state index contributed by atoms with van der Waals surface area (Å²) in [5.74, 6) is 1.17. The Hall–Kier alpha value is -3.43. The molecule has 0 aliphatic rings. The number of hydrazone groups is 1. The van der Waals surface area contributed by atoms with Gasteiger partial charge < -0.3 is 15.0 Å². The van der Waals surface area contributed by atoms with Crippen LogP contribution in [0.3, 0.4) is 0 Å². The highest BCUT2D eigenvalue weighted by Crippen LogP contribution is 2.29. The number of fused-ring (bicyclic) bond motifs is 1. The van der Waals surface area contributed by atoms with Crippen LogP contribution in [0.2, 0.25) is 0 Å². The minimum atomic E-state index is -0.246. The van der Waals surface area contributed by atoms with E-state index < -0.39 is 0 Å². The topological polar surface area (TPSA) is 74.3 Å². The van der Waals surface area contributed by atoms with Gasteiger partial charge in [-0.15, -0.1) is 0 Å². The number of anilines is 1. The Morgan fingerprint density at radius 2 is 1.78 bits per heavy atom. The molecule has 32 heavy (non-hydrogen) atoms. The Morgan fingerprint density at radius 3 is 2.50 bits per heavy atom. The van der Waals surface area contributed by atoms with Crippen molar-refractivity contribution in [3.63, 3.8) is 0 Å². The maximum Gasteiger partial charge on any atom is 0.191 e. The van der Waals surface area contributed by atoms with Gasteiger partial charge in [0.05, 0.1) is 18.1 Å². The fourth-order valence-electron chi connectivity index (χ4n) is 2.88. The van der Waals surface area contributed by atoms with Crippen LogP contribution in [0.25, 0.3) is 11.0 Å². The Labute approximate surface area is 194 Å². The summed E-state index contributed by atoms with van der Waals surface area (Å²) in [5, 5.41) is 7.75. The first kappa shape index (κ1) is 21.8. The number of imidazole rings is 1. The Balaban J connectivity index is 1.42. The number of rotatable bonds is 6. The Kier molecular flexibility index (Phi) is 6.67. The van der Waals surface area contributed by atoms with Crippen LogP contribution >= 0.6 is 24.0 Å². The Morgan fingerprint density at radius 1 is 1.06 bits per heavy atom. The summed E-state index contributed by atoms with van der Waals surface area (Å²) in [4.78, 5) is 9.87. The highest BCUT2D eigenvalue weighted by atomic mass is 32.2. The third-order valence-corrected chi connectivity index (χ3v) is 5.71. The molecule has 0 unspecified atom stereocenters. The molecule has 1 aromatic heterocycles. The van der Waals surface area contributed by atoms with Gasteiger partial charge in [0.2, 0.25) is 0 Å². The van der Waals surface area contributed by atoms with Crippen LogP contribution in [0.15, 0.2) is 81.6 Å². The zero-order valence-corrected chi connectivity index (χ0v) is 19.0. The number of nitrogens with zero attached hydrogens (tertiary/aromatic N) is 2. The zero-order chi connectivity index (χ0) is 22.5. The van der Waals surface area contributed by atoms with Gasteiger partial charge in [0, 0.05) is 15.5 Å². The minimum Gasteiger partial charge on any atom is -0.497 e. The van der Waals surface area contributed by atoms with E-state index in [1.54, 1.807) is 31.0 Å². The third kappa shape index (κ3) is 5.43. The molecule has 9 heteroatoms. The monoisotopic (exact) mass is 465 g/mol. The van der Waals surface area contributed by atoms with E-state index in [1.807, 2.05) is 49.4 Å². The molecule has 0 aliphatic heterocycles. The van der Waals surface area contributed by atoms with Gasteiger partial charge in [-0.3, -0.25) is 5.43 Å². The number of methoxy groups -OCH3 is 1. The van der Waals surface area contributed by atoms with Crippen LogP contribution in [-0.2, 0) is 0 Å². The number of hydrogen-bond donors (Lipinski definition) is 3. The van der Waals surface area contributed by atoms with Crippen molar-refractivity contribution in [1.29, 1.82) is 0 Å². The number of thiocarbonyl (C=S) groups is 1. The highest BCUT2D eigenvalue weighted by molar-refractivity contribution is 7.99. The van der Waals surface area contributed by atoms with E-state index in [9.17, 15) is 4.39 Å². The standard InChI is InChI=1S/C23H20FN5OS2/c1-14(28-29-23(31)25-16-5-7-17(30-2)8-6-16)22-26-20-12-11-19(13-21(20)27-22)32-18-9-3-15(24)4-10-18/h3-13H,1-2H3,(H,26,27)(H2,25,29,31)/b28-14+. The molecule has 0 atom stereocenters. The molecular weight excluding hydrogens is 445 g/mol. The molecule has 0 amide bonds. The van der Waals surface area contributed by atoms with Crippen LogP contribution in [0.4, 0.5) is 10.1 Å². The molecular formula is C23H20FN5OS2. The van der Waals surface area contributed by atoms with Gasteiger partial charge in [-0.05, 0) is 85.9 Å². The molecule has 4 aromatic rings. The van der Waals surface area contributed by atoms with Crippen LogP contribution in [-0.4, -0.2) is 27.9 Å². The van der Waals surface area contributed by atoms with Gasteiger partial charge in [-0.25, -0.2) is 9.37 Å². The van der Waals surface area contributed by atoms with Gasteiger partial charge in [0.15, 0.2) is 10.9 Å². The first-order valence-electron chi connectivity index (χ1n) is 9.69. The molecule has 3 N–H and O–H groups in total. The molecule has 0 bridgehead atoms. The molecule has 0 fully saturated rings. The normalized spacial score (nSPS) is 11.4. The van der Waals surface area contributed by atoms with Crippen molar-refractivity contribution in [2.45, 2.75) is 16.7 Å². The maximum absolute atomic E-state index is 13.1. The van der Waals surface area contributed by atoms with Gasteiger partial charge in [0.1, 0.15) is 17.3 Å². The number of hydrogen-bond acceptors (Lipinski definition) is 5. The van der Waals surface area contributed by atoms with Crippen molar-refractivity contribution >= 4 is 51.5 Å². The van der Waals surface area contributed by atoms with Crippen LogP contribution in [0, 0.1) is 5.82 Å². The van der Waals surface area contributed by atoms with Gasteiger partial charge in [0.25, 0.3) is 0 Å². The fourth-order valence-corrected chi connectivity index (χ4v) is 3.89. The number of aromatic amines is 1. The lowest BCUT2D eigenvalue weighted by atomic mass is 10.3. The van der Waals surface area contributed by atoms with Gasteiger partial charge in [-0.2, -0.15) is 5.10 Å². The number of halogens is 1. The molecule has 0 radical (unpaired) electrons. The van der Waals surface area contributed by atoms with Crippen molar-refractivity contribution in [3.8, 4) is 5.75 Å². The van der Waals surface area contributed by atoms with Crippen molar-refractivity contribution in [3.05, 3.63) is 78.4 Å². The number of nitrogens with one attached hydrogen (secondary N) is 3. The second-order valence-electron chi connectivity index (χ2n) is 6.81. The summed E-state index contributed by atoms with van der Waals surface area (Å²) >= 11 is 6.85. The molecule has 0 spiro atoms. The van der Waals surface area contributed by atoms with Gasteiger partial charge >= 0.3 is 0 Å². The maximum atomic E-state index is 13.1. The lowest BCUT2D eigenvalue weighted by Crippen LogP contribution is -2.25. The number of aromatic nitrogens is 2. The summed E-state index contributed by atoms with van der Waals surface area (Å²) in [6, 6.07) is 19.8. The highest BCUT2D eigenvalue weighted by Gasteiger charge is 2.08. The molecule has 0 aliphatic carbocycles. The van der Waals surface area contributed by atoms with E-state index in [4.69, 9.17) is 17.0 Å². The van der Waals surface area contributed by atoms with E-state index in [1.165, 1.54) is 12.1 Å². The molecule has 0 saturated carbocycles. The first-order chi connectivity index (χ1) is 15.5. The van der Waals surface area contributed by atoms with Crippen molar-refractivity contribution < 1.29 is 9.13 Å². The predicted octanol–water partition coefficient (Wildman–Crippen LogP) is 5.57. The van der Waals surface area contributed by atoms with Gasteiger partial charge in [-0.1, -0.05) is 11.8 Å². The SMILES string of the molecule is COc1ccc(NC(=S)N/N=C(\C)c2nc3cc(Sc4ccc(F)cc4)ccc3[nH]2)cc1. The smallest absolute Gasteiger partial charge is 0.191 e. The zero-order valence-electron chi connectivity index (χ0n) is 17.3. The first-order valence-corrected chi connectivity index (χ1v) is 10.9. The molecule has 1 heterocycles. The van der Waals surface area contributed by atoms with Crippen LogP contribution < -0.4 is 15.5 Å². The summed E-state index contributed by atoms with van der Waals surface area (Å²) in [6.45, 7) is 1.84. The van der Waals surface area contributed by atoms with E-state index in [0.29, 0.717) is 16.6 Å². The van der Waals surface area contributed by atoms with Crippen molar-refractivity contribution in [1.82, 2.24) is 15.4 Å². The Bertz CT molecular complexity index is 1270. The summed E-state index contributed by atoms with van der Waals surface area (Å²) in [7, 11) is 1.62. The third-order valence-electron chi connectivity index (χ3n) is 4.52. The molecule has 0 saturated heterocycles. The van der Waals surface area contributed by atoms with E-state index >= 15 is 0 Å². The summed E-state index contributed by atoms with van der Waals surface area (Å²) < 4.78 is 18.3. The van der Waals surface area contributed by atoms with E-state index in [-0.39, 0.29) is 5.82 Å². The fraction of sp³-hybridized carbons (Fsp3) is 0.0870.